The predicted molar refractivity (Wildman–Crippen MR) is 81.4 cm³/mol. The van der Waals surface area contributed by atoms with Crippen LogP contribution in [-0.2, 0) is 0 Å². The second kappa shape index (κ2) is 4.49. The van der Waals surface area contributed by atoms with Gasteiger partial charge >= 0.3 is 0 Å². The lowest BCUT2D eigenvalue weighted by atomic mass is 9.52. The van der Waals surface area contributed by atoms with Crippen LogP contribution in [0.15, 0.2) is 12.2 Å². The molecule has 0 aromatic heterocycles. The van der Waals surface area contributed by atoms with Crippen LogP contribution in [0.2, 0.25) is 0 Å². The van der Waals surface area contributed by atoms with Gasteiger partial charge in [0.25, 0.3) is 0 Å². The van der Waals surface area contributed by atoms with E-state index < -0.39 is 5.60 Å². The molecule has 1 N–H and O–H groups in total. The standard InChI is InChI=1S/C15H24BrClO/c1-10-5-6-14(4,18)15(11(10)2)8-7-13(3,17)12(16)9-15/h10,12,18H,2,5-9H2,1,3-4H3/t10-,12+,13+,14+,15+/m0/s1. The molecule has 5 atom stereocenters. The first kappa shape index (κ1) is 14.9. The van der Waals surface area contributed by atoms with Crippen molar-refractivity contribution in [3.63, 3.8) is 0 Å². The van der Waals surface area contributed by atoms with Gasteiger partial charge in [-0.05, 0) is 51.9 Å². The molecule has 2 aliphatic rings. The Hall–Kier alpha value is 0.470. The van der Waals surface area contributed by atoms with Gasteiger partial charge in [0, 0.05) is 10.2 Å². The summed E-state index contributed by atoms with van der Waals surface area (Å²) in [5.41, 5.74) is 0.429. The fraction of sp³-hybridized carbons (Fsp3) is 0.867. The van der Waals surface area contributed by atoms with Crippen molar-refractivity contribution < 1.29 is 5.11 Å². The summed E-state index contributed by atoms with van der Waals surface area (Å²) in [6.07, 6.45) is 4.67. The van der Waals surface area contributed by atoms with Gasteiger partial charge < -0.3 is 5.11 Å². The Morgan fingerprint density at radius 3 is 2.50 bits per heavy atom. The van der Waals surface area contributed by atoms with Crippen LogP contribution in [-0.4, -0.2) is 20.4 Å². The van der Waals surface area contributed by atoms with Gasteiger partial charge in [-0.3, -0.25) is 0 Å². The maximum atomic E-state index is 10.9. The van der Waals surface area contributed by atoms with Gasteiger partial charge in [-0.2, -0.15) is 0 Å². The molecular weight excluding hydrogens is 312 g/mol. The lowest BCUT2D eigenvalue weighted by Crippen LogP contribution is -2.57. The summed E-state index contributed by atoms with van der Waals surface area (Å²) < 4.78 is 0. The third kappa shape index (κ3) is 2.09. The van der Waals surface area contributed by atoms with Gasteiger partial charge in [-0.1, -0.05) is 35.0 Å². The highest BCUT2D eigenvalue weighted by molar-refractivity contribution is 9.09. The fourth-order valence-corrected chi connectivity index (χ4v) is 4.70. The summed E-state index contributed by atoms with van der Waals surface area (Å²) in [6.45, 7) is 10.6. The van der Waals surface area contributed by atoms with Crippen LogP contribution in [0.3, 0.4) is 0 Å². The van der Waals surface area contributed by atoms with Crippen molar-refractivity contribution in [1.82, 2.24) is 0 Å². The molecule has 0 aliphatic heterocycles. The van der Waals surface area contributed by atoms with E-state index in [1.807, 2.05) is 6.92 Å². The quantitative estimate of drug-likeness (QED) is 0.504. The first-order valence-electron chi connectivity index (χ1n) is 6.87. The molecule has 104 valence electrons. The minimum absolute atomic E-state index is 0.159. The number of aliphatic hydroxyl groups is 1. The normalized spacial score (nSPS) is 53.8. The average Bonchev–Trinajstić information content (AvgIpc) is 2.27. The predicted octanol–water partition coefficient (Wildman–Crippen LogP) is 4.65. The van der Waals surface area contributed by atoms with Crippen molar-refractivity contribution in [2.45, 2.75) is 68.2 Å². The van der Waals surface area contributed by atoms with Crippen LogP contribution in [0.5, 0.6) is 0 Å². The smallest absolute Gasteiger partial charge is 0.0713 e. The van der Waals surface area contributed by atoms with Crippen molar-refractivity contribution >= 4 is 27.5 Å². The molecular formula is C15H24BrClO. The van der Waals surface area contributed by atoms with Gasteiger partial charge in [0.05, 0.1) is 10.5 Å². The van der Waals surface area contributed by atoms with Crippen LogP contribution < -0.4 is 0 Å². The molecule has 2 aliphatic carbocycles. The maximum absolute atomic E-state index is 10.9. The molecule has 2 saturated carbocycles. The molecule has 1 spiro atoms. The zero-order valence-corrected chi connectivity index (χ0v) is 13.9. The van der Waals surface area contributed by atoms with E-state index in [0.29, 0.717) is 5.92 Å². The molecule has 0 aromatic rings. The van der Waals surface area contributed by atoms with E-state index in [1.54, 1.807) is 0 Å². The van der Waals surface area contributed by atoms with Gasteiger partial charge in [-0.25, -0.2) is 0 Å². The van der Waals surface area contributed by atoms with Gasteiger partial charge in [0.15, 0.2) is 0 Å². The molecule has 0 aromatic carbocycles. The first-order chi connectivity index (χ1) is 8.12. The largest absolute Gasteiger partial charge is 0.389 e. The van der Waals surface area contributed by atoms with E-state index in [2.05, 4.69) is 36.4 Å². The molecule has 0 unspecified atom stereocenters. The Bertz CT molecular complexity index is 364. The van der Waals surface area contributed by atoms with Crippen LogP contribution in [0.25, 0.3) is 0 Å². The SMILES string of the molecule is C=C1[C@@H](C)CC[C@@](C)(O)[C@@]12CC[C@@](C)(Cl)[C@H](Br)C2. The molecule has 0 saturated heterocycles. The van der Waals surface area contributed by atoms with Gasteiger partial charge in [0.2, 0.25) is 0 Å². The monoisotopic (exact) mass is 334 g/mol. The van der Waals surface area contributed by atoms with Crippen molar-refractivity contribution in [2.24, 2.45) is 11.3 Å². The average molecular weight is 336 g/mol. The Kier molecular flexibility index (Phi) is 3.71. The zero-order valence-electron chi connectivity index (χ0n) is 11.6. The van der Waals surface area contributed by atoms with E-state index in [4.69, 9.17) is 11.6 Å². The van der Waals surface area contributed by atoms with E-state index in [-0.39, 0.29) is 15.1 Å². The third-order valence-corrected chi connectivity index (χ3v) is 7.58. The Balaban J connectivity index is 2.36. The van der Waals surface area contributed by atoms with Crippen LogP contribution in [0.1, 0.15) is 52.9 Å². The fourth-order valence-electron chi connectivity index (χ4n) is 3.74. The molecule has 18 heavy (non-hydrogen) atoms. The van der Waals surface area contributed by atoms with Crippen molar-refractivity contribution in [1.29, 1.82) is 0 Å². The molecule has 2 rings (SSSR count). The molecule has 2 fully saturated rings. The van der Waals surface area contributed by atoms with E-state index >= 15 is 0 Å². The molecule has 0 amide bonds. The zero-order chi connectivity index (χ0) is 13.8. The topological polar surface area (TPSA) is 20.2 Å². The van der Waals surface area contributed by atoms with Crippen molar-refractivity contribution in [3.8, 4) is 0 Å². The lowest BCUT2D eigenvalue weighted by molar-refractivity contribution is -0.0975. The molecule has 3 heteroatoms. The number of alkyl halides is 2. The minimum atomic E-state index is -0.643. The summed E-state index contributed by atoms with van der Waals surface area (Å²) in [4.78, 5) is 0.0244. The van der Waals surface area contributed by atoms with Crippen molar-refractivity contribution in [3.05, 3.63) is 12.2 Å². The highest BCUT2D eigenvalue weighted by atomic mass is 79.9. The Morgan fingerprint density at radius 2 is 1.94 bits per heavy atom. The first-order valence-corrected chi connectivity index (χ1v) is 8.16. The highest BCUT2D eigenvalue weighted by Gasteiger charge is 2.57. The summed E-state index contributed by atoms with van der Waals surface area (Å²) >= 11 is 10.3. The molecule has 1 nitrogen and oxygen atoms in total. The minimum Gasteiger partial charge on any atom is -0.389 e. The second-order valence-electron chi connectivity index (χ2n) is 6.77. The second-order valence-corrected chi connectivity index (χ2v) is 8.74. The number of hydrogen-bond acceptors (Lipinski definition) is 1. The lowest BCUT2D eigenvalue weighted by Gasteiger charge is -2.57. The molecule has 0 bridgehead atoms. The molecule has 0 heterocycles. The van der Waals surface area contributed by atoms with Gasteiger partial charge in [0.1, 0.15) is 0 Å². The number of halogens is 2. The molecule has 0 radical (unpaired) electrons. The summed E-state index contributed by atoms with van der Waals surface area (Å²) in [5.74, 6) is 0.504. The maximum Gasteiger partial charge on any atom is 0.0713 e. The Morgan fingerprint density at radius 1 is 1.33 bits per heavy atom. The third-order valence-electron chi connectivity index (χ3n) is 5.53. The van der Waals surface area contributed by atoms with Gasteiger partial charge in [-0.15, -0.1) is 11.6 Å². The number of rotatable bonds is 0. The Labute approximate surface area is 124 Å². The summed E-state index contributed by atoms with van der Waals surface area (Å²) in [6, 6.07) is 0. The van der Waals surface area contributed by atoms with Crippen molar-refractivity contribution in [2.75, 3.05) is 0 Å². The summed E-state index contributed by atoms with van der Waals surface area (Å²) in [7, 11) is 0. The number of hydrogen-bond donors (Lipinski definition) is 1. The van der Waals surface area contributed by atoms with Crippen LogP contribution in [0.4, 0.5) is 0 Å². The highest BCUT2D eigenvalue weighted by Crippen LogP contribution is 2.60. The van der Waals surface area contributed by atoms with Crippen LogP contribution in [0, 0.1) is 11.3 Å². The van der Waals surface area contributed by atoms with E-state index in [1.165, 1.54) is 5.57 Å². The summed E-state index contributed by atoms with van der Waals surface area (Å²) in [5, 5.41) is 10.9. The van der Waals surface area contributed by atoms with Crippen LogP contribution >= 0.6 is 27.5 Å². The van der Waals surface area contributed by atoms with E-state index in [0.717, 1.165) is 32.1 Å². The van der Waals surface area contributed by atoms with E-state index in [9.17, 15) is 5.11 Å².